The first-order chi connectivity index (χ1) is 62.5. The number of carbonyl (C=O) groups is 3. The van der Waals surface area contributed by atoms with Crippen LogP contribution in [0, 0.1) is 53.2 Å². The van der Waals surface area contributed by atoms with E-state index in [1.54, 1.807) is 81.5 Å². The molecule has 12 atom stereocenters. The SMILES string of the molecule is C=CC(=O)N1C[C@H]2C[C@@H](C1)C2Oc1cc2c(Nc3ccc(OC(F)(F)F)c(Cl)c3)ncnc2cc1OC.COc1cc2nc[nH]c(=O)c2cc1OC1[C@@H]2C[C@H]1CN(C(C)=O)C2.COc1cc2ncnc(Nc3ccc(OC(F)(F)F)c(Cl)c3)c2cc1OC1[C@@H]2C[C@H]1CN(C(C)=O)C2.COc1cc2ncnc(Nc3ccc(OC(F)(F)F)c(Cl)c3F)c2cc1OC1[C@@H]2CNC[C@H]1C2. The van der Waals surface area contributed by atoms with E-state index in [0.29, 0.717) is 162 Å². The summed E-state index contributed by atoms with van der Waals surface area (Å²) in [5.41, 5.74) is 2.64. The summed E-state index contributed by atoms with van der Waals surface area (Å²) in [4.78, 5) is 85.1. The van der Waals surface area contributed by atoms with E-state index in [2.05, 4.69) is 81.9 Å². The zero-order valence-electron chi connectivity index (χ0n) is 70.3. The van der Waals surface area contributed by atoms with Crippen molar-refractivity contribution in [1.82, 2.24) is 59.9 Å². The Morgan fingerprint density at radius 2 is 0.763 bits per heavy atom. The fraction of sp³-hybridized carbons (Fsp3) is 0.375. The smallest absolute Gasteiger partial charge is 0.493 e. The Morgan fingerprint density at radius 3 is 1.11 bits per heavy atom. The fourth-order valence-electron chi connectivity index (χ4n) is 17.8. The van der Waals surface area contributed by atoms with E-state index in [1.165, 1.54) is 69.9 Å². The number of alkyl halides is 9. The topological polar surface area (TPSA) is 334 Å². The summed E-state index contributed by atoms with van der Waals surface area (Å²) in [5, 5.41) is 13.3. The number of amides is 3. The van der Waals surface area contributed by atoms with Crippen molar-refractivity contribution in [3.8, 4) is 63.2 Å². The molecule has 690 valence electrons. The van der Waals surface area contributed by atoms with Crippen LogP contribution in [0.4, 0.5) is 78.4 Å². The second kappa shape index (κ2) is 37.6. The Morgan fingerprint density at radius 1 is 0.427 bits per heavy atom. The molecule has 4 aromatic heterocycles. The number of anilines is 6. The van der Waals surface area contributed by atoms with E-state index in [4.69, 9.17) is 72.7 Å². The van der Waals surface area contributed by atoms with Gasteiger partial charge < -0.3 is 93.1 Å². The van der Waals surface area contributed by atoms with Crippen molar-refractivity contribution in [2.75, 3.05) is 96.7 Å². The summed E-state index contributed by atoms with van der Waals surface area (Å²) in [7, 11) is 6.17. The zero-order chi connectivity index (χ0) is 92.8. The molecule has 9 heterocycles. The van der Waals surface area contributed by atoms with E-state index >= 15 is 0 Å². The molecule has 5 N–H and O–H groups in total. The van der Waals surface area contributed by atoms with Gasteiger partial charge in [-0.25, -0.2) is 39.3 Å². The Balaban J connectivity index is 0.000000129. The summed E-state index contributed by atoms with van der Waals surface area (Å²) in [6, 6.07) is 23.5. The Bertz CT molecular complexity index is 6230. The van der Waals surface area contributed by atoms with Crippen LogP contribution in [0.15, 0.2) is 140 Å². The number of aromatic nitrogens is 8. The van der Waals surface area contributed by atoms with Gasteiger partial charge in [0.2, 0.25) is 17.7 Å². The third kappa shape index (κ3) is 20.2. The number of hydrogen-bond acceptors (Lipinski definition) is 26. The van der Waals surface area contributed by atoms with Crippen LogP contribution in [0.25, 0.3) is 43.6 Å². The second-order valence-electron chi connectivity index (χ2n) is 32.3. The van der Waals surface area contributed by atoms with Gasteiger partial charge in [-0.1, -0.05) is 41.4 Å². The first-order valence-electron chi connectivity index (χ1n) is 41.0. The van der Waals surface area contributed by atoms with Crippen LogP contribution < -0.4 is 78.9 Å². The Kier molecular flexibility index (Phi) is 26.2. The van der Waals surface area contributed by atoms with Crippen molar-refractivity contribution in [2.24, 2.45) is 47.3 Å². The number of fused-ring (bicyclic) bond motifs is 12. The summed E-state index contributed by atoms with van der Waals surface area (Å²) in [6.45, 7) is 12.5. The maximum absolute atomic E-state index is 14.7. The van der Waals surface area contributed by atoms with E-state index < -0.39 is 47.2 Å². The molecule has 5 aliphatic heterocycles. The highest BCUT2D eigenvalue weighted by Gasteiger charge is 2.53. The summed E-state index contributed by atoms with van der Waals surface area (Å²) >= 11 is 17.7. The lowest BCUT2D eigenvalue weighted by atomic mass is 9.68. The number of H-pyrrole nitrogens is 1. The minimum Gasteiger partial charge on any atom is -0.493 e. The number of carbonyl (C=O) groups excluding carboxylic acids is 3. The Labute approximate surface area is 753 Å². The van der Waals surface area contributed by atoms with Crippen LogP contribution in [0.3, 0.4) is 0 Å². The third-order valence-corrected chi connectivity index (χ3v) is 25.1. The minimum atomic E-state index is -5.00. The molecular weight excluding hydrogens is 1800 g/mol. The lowest BCUT2D eigenvalue weighted by Gasteiger charge is -2.52. The molecule has 11 aromatic rings. The van der Waals surface area contributed by atoms with Gasteiger partial charge in [0.05, 0.1) is 78.0 Å². The molecule has 9 aliphatic rings. The molecule has 7 aromatic carbocycles. The molecule has 8 bridgehead atoms. The second-order valence-corrected chi connectivity index (χ2v) is 33.5. The molecule has 30 nitrogen and oxygen atoms in total. The first-order valence-corrected chi connectivity index (χ1v) is 42.2. The van der Waals surface area contributed by atoms with Crippen LogP contribution in [0.2, 0.25) is 15.1 Å². The molecular formula is C88H82Cl3F10N15O15. The number of hydrogen-bond donors (Lipinski definition) is 5. The van der Waals surface area contributed by atoms with Crippen molar-refractivity contribution >= 4 is 131 Å². The fourth-order valence-corrected chi connectivity index (χ4v) is 18.4. The molecule has 20 rings (SSSR count). The first kappa shape index (κ1) is 91.5. The zero-order valence-corrected chi connectivity index (χ0v) is 72.5. The van der Waals surface area contributed by atoms with Crippen molar-refractivity contribution in [1.29, 1.82) is 0 Å². The third-order valence-electron chi connectivity index (χ3n) is 24.2. The molecule has 5 saturated heterocycles. The van der Waals surface area contributed by atoms with Crippen molar-refractivity contribution in [2.45, 2.75) is 83.0 Å². The monoisotopic (exact) mass is 1880 g/mol. The number of aromatic amines is 1. The number of methoxy groups -OCH3 is 4. The number of likely N-dealkylation sites (tertiary alicyclic amines) is 2. The van der Waals surface area contributed by atoms with Crippen LogP contribution >= 0.6 is 34.8 Å². The maximum atomic E-state index is 14.7. The van der Waals surface area contributed by atoms with Gasteiger partial charge in [0.1, 0.15) is 77.4 Å². The highest BCUT2D eigenvalue weighted by molar-refractivity contribution is 6.33. The van der Waals surface area contributed by atoms with Crippen molar-refractivity contribution in [3.63, 3.8) is 0 Å². The molecule has 131 heavy (non-hydrogen) atoms. The lowest BCUT2D eigenvalue weighted by molar-refractivity contribution is -0.275. The molecule has 4 unspecified atom stereocenters. The number of rotatable bonds is 22. The summed E-state index contributed by atoms with van der Waals surface area (Å²) in [6.07, 6.45) is -3.83. The van der Waals surface area contributed by atoms with Gasteiger partial charge in [-0.3, -0.25) is 19.2 Å². The molecule has 4 saturated carbocycles. The van der Waals surface area contributed by atoms with Crippen LogP contribution in [-0.2, 0) is 14.4 Å². The minimum absolute atomic E-state index is 0.0343. The predicted octanol–water partition coefficient (Wildman–Crippen LogP) is 16.8. The number of nitrogens with one attached hydrogen (secondary N) is 5. The number of ether oxygens (including phenoxy) is 11. The lowest BCUT2D eigenvalue weighted by Crippen LogP contribution is -2.61. The summed E-state index contributed by atoms with van der Waals surface area (Å²) in [5.74, 6) is 4.70. The highest BCUT2D eigenvalue weighted by atomic mass is 35.5. The van der Waals surface area contributed by atoms with Gasteiger partial charge in [0.15, 0.2) is 57.6 Å². The highest BCUT2D eigenvalue weighted by Crippen LogP contribution is 2.51. The van der Waals surface area contributed by atoms with Crippen LogP contribution in [0.1, 0.15) is 39.5 Å². The maximum Gasteiger partial charge on any atom is 0.573 e. The molecule has 0 radical (unpaired) electrons. The van der Waals surface area contributed by atoms with E-state index in [0.717, 1.165) is 76.1 Å². The number of nitrogens with zero attached hydrogens (tertiary/aromatic N) is 10. The van der Waals surface area contributed by atoms with E-state index in [1.807, 2.05) is 9.80 Å². The van der Waals surface area contributed by atoms with E-state index in [-0.39, 0.29) is 92.9 Å². The van der Waals surface area contributed by atoms with Gasteiger partial charge in [0, 0.05) is 165 Å². The molecule has 4 aliphatic carbocycles. The van der Waals surface area contributed by atoms with Gasteiger partial charge in [0.25, 0.3) is 5.56 Å². The number of benzene rings is 7. The quantitative estimate of drug-likeness (QED) is 0.0311. The molecule has 3 amide bonds. The average Bonchev–Trinajstić information content (AvgIpc) is 0.762. The van der Waals surface area contributed by atoms with E-state index in [9.17, 15) is 63.1 Å². The van der Waals surface area contributed by atoms with Crippen molar-refractivity contribution < 1.29 is 110 Å². The van der Waals surface area contributed by atoms with Crippen LogP contribution in [0.5, 0.6) is 63.2 Å². The van der Waals surface area contributed by atoms with Crippen LogP contribution in [-0.4, -0.2) is 197 Å². The number of halogens is 13. The van der Waals surface area contributed by atoms with Crippen molar-refractivity contribution in [3.05, 3.63) is 166 Å². The average molecular weight is 1890 g/mol. The Hall–Kier alpha value is -12.8. The standard InChI is InChI=1S/C25H22ClF3N4O4.C24H22ClF3N4O4.C22H19ClF4N4O3.C17H19N3O4/c1-3-22(34)33-10-13-6-14(11-33)23(13)36-21-8-16-18(9-20(21)35-2)30-12-31-24(16)32-15-4-5-19(17(26)7-15)37-25(27,28)29;1-12(33)32-9-13-5-14(10-32)22(13)35-21-7-16-18(8-20(21)34-2)29-11-30-23(16)31-15-3-4-19(17(25)6-15)36-24(26,27)28;1-32-16-6-14-12(5-17(16)33-20-10-4-11(20)8-28-7-10)21(30-9-29-14)31-13-2-3-15(18(23)19(13)24)34-22(25,26)27;1-9(21)20-6-10-3-11(7-20)16(10)24-15-4-12-13(5-14(15)23-2)18-8-19-17(12)22/h3-5,7-9,12-14,23H,1,6,10-11H2,2H3,(H,30,31,32);3-4,6-8,11,13-14,22H,5,9-10H2,1-2H3,(H,29,30,31);2-3,5-6,9-11,20,28H,4,7-8H2,1H3,(H,29,30,31);4-5,8,10-11,16H,3,6-7H2,1-2H3,(H,18,19,22)/t13-,14+,23?;13-,14+,22?;10-,11+,20?;10-,11+,16?. The predicted molar refractivity (Wildman–Crippen MR) is 460 cm³/mol. The van der Waals surface area contributed by atoms with Gasteiger partial charge in [-0.15, -0.1) is 39.5 Å². The largest absolute Gasteiger partial charge is 0.573 e. The number of piperidine rings is 8. The van der Waals surface area contributed by atoms with Gasteiger partial charge in [-0.05, 0) is 105 Å². The summed E-state index contributed by atoms with van der Waals surface area (Å²) < 4.78 is 186. The molecule has 9 fully saturated rings. The van der Waals surface area contributed by atoms with Gasteiger partial charge in [-0.2, -0.15) is 0 Å². The normalized spacial score (nSPS) is 21.9. The van der Waals surface area contributed by atoms with Gasteiger partial charge >= 0.3 is 19.1 Å². The molecule has 0 spiro atoms. The molecule has 43 heteroatoms.